The fourth-order valence-corrected chi connectivity index (χ4v) is 4.51. The molecule has 2 aromatic heterocycles. The molecule has 4 rings (SSSR count). The third-order valence-electron chi connectivity index (χ3n) is 6.10. The molecule has 3 aromatic rings. The van der Waals surface area contributed by atoms with Crippen molar-refractivity contribution in [1.82, 2.24) is 25.1 Å². The molecular weight excluding hydrogens is 394 g/mol. The fraction of sp³-hybridized carbons (Fsp3) is 0.478. The number of carbonyl (C=O) groups excluding carboxylic acids is 1. The highest BCUT2D eigenvalue weighted by molar-refractivity contribution is 5.95. The van der Waals surface area contributed by atoms with Crippen LogP contribution in [-0.4, -0.2) is 46.4 Å². The van der Waals surface area contributed by atoms with Crippen LogP contribution in [0.1, 0.15) is 65.0 Å². The Morgan fingerprint density at radius 3 is 2.87 bits per heavy atom. The first-order chi connectivity index (χ1) is 15.1. The largest absolute Gasteiger partial charge is 0.419 e. The molecule has 1 aliphatic carbocycles. The van der Waals surface area contributed by atoms with Gasteiger partial charge in [-0.25, -0.2) is 4.98 Å². The molecule has 0 spiro atoms. The van der Waals surface area contributed by atoms with Crippen molar-refractivity contribution in [3.05, 3.63) is 53.3 Å². The molecule has 0 aliphatic heterocycles. The SMILES string of the molecule is CNC(=O)c1ccccc1[C@@H]1CCC[C@H](c2nnc(-c3c(C)ncn3CCOC)o2)C1. The van der Waals surface area contributed by atoms with Crippen molar-refractivity contribution in [3.63, 3.8) is 0 Å². The van der Waals surface area contributed by atoms with Crippen LogP contribution in [0.4, 0.5) is 0 Å². The Balaban J connectivity index is 1.56. The smallest absolute Gasteiger partial charge is 0.266 e. The number of ether oxygens (including phenoxy) is 1. The summed E-state index contributed by atoms with van der Waals surface area (Å²) in [6.07, 6.45) is 5.77. The van der Waals surface area contributed by atoms with Crippen LogP contribution in [-0.2, 0) is 11.3 Å². The maximum Gasteiger partial charge on any atom is 0.266 e. The number of methoxy groups -OCH3 is 1. The van der Waals surface area contributed by atoms with E-state index in [0.717, 1.165) is 48.2 Å². The minimum atomic E-state index is -0.0439. The third-order valence-corrected chi connectivity index (χ3v) is 6.10. The van der Waals surface area contributed by atoms with Gasteiger partial charge in [-0.05, 0) is 43.7 Å². The van der Waals surface area contributed by atoms with Crippen molar-refractivity contribution in [2.45, 2.75) is 51.0 Å². The normalized spacial score (nSPS) is 18.8. The van der Waals surface area contributed by atoms with E-state index in [2.05, 4.69) is 26.6 Å². The highest BCUT2D eigenvalue weighted by Gasteiger charge is 2.30. The van der Waals surface area contributed by atoms with Gasteiger partial charge < -0.3 is 19.0 Å². The lowest BCUT2D eigenvalue weighted by Gasteiger charge is -2.28. The number of hydrogen-bond donors (Lipinski definition) is 1. The molecule has 2 atom stereocenters. The zero-order chi connectivity index (χ0) is 21.8. The van der Waals surface area contributed by atoms with Crippen LogP contribution in [0.25, 0.3) is 11.6 Å². The Hall–Kier alpha value is -3.00. The topological polar surface area (TPSA) is 95.1 Å². The maximum atomic E-state index is 12.3. The Bertz CT molecular complexity index is 1040. The average Bonchev–Trinajstić information content (AvgIpc) is 3.43. The van der Waals surface area contributed by atoms with Crippen LogP contribution in [0.5, 0.6) is 0 Å². The lowest BCUT2D eigenvalue weighted by atomic mass is 9.76. The molecule has 8 nitrogen and oxygen atoms in total. The number of aryl methyl sites for hydroxylation is 1. The summed E-state index contributed by atoms with van der Waals surface area (Å²) in [6, 6.07) is 7.87. The van der Waals surface area contributed by atoms with Gasteiger partial charge in [0, 0.05) is 32.2 Å². The van der Waals surface area contributed by atoms with Crippen molar-refractivity contribution in [3.8, 4) is 11.6 Å². The molecule has 1 fully saturated rings. The molecule has 0 bridgehead atoms. The number of hydrogen-bond acceptors (Lipinski definition) is 6. The molecule has 1 aromatic carbocycles. The minimum absolute atomic E-state index is 0.0439. The Morgan fingerprint density at radius 1 is 1.26 bits per heavy atom. The molecule has 1 amide bonds. The van der Waals surface area contributed by atoms with Gasteiger partial charge in [0.2, 0.25) is 5.89 Å². The van der Waals surface area contributed by atoms with E-state index in [0.29, 0.717) is 24.9 Å². The van der Waals surface area contributed by atoms with Gasteiger partial charge in [0.15, 0.2) is 0 Å². The summed E-state index contributed by atoms with van der Waals surface area (Å²) in [5.41, 5.74) is 3.54. The monoisotopic (exact) mass is 423 g/mol. The number of nitrogens with one attached hydrogen (secondary N) is 1. The van der Waals surface area contributed by atoms with Crippen LogP contribution in [0, 0.1) is 6.92 Å². The van der Waals surface area contributed by atoms with E-state index in [9.17, 15) is 4.79 Å². The van der Waals surface area contributed by atoms with Crippen molar-refractivity contribution >= 4 is 5.91 Å². The van der Waals surface area contributed by atoms with Gasteiger partial charge in [0.05, 0.1) is 18.6 Å². The molecule has 0 unspecified atom stereocenters. The first kappa shape index (κ1) is 21.2. The maximum absolute atomic E-state index is 12.3. The van der Waals surface area contributed by atoms with Gasteiger partial charge in [-0.2, -0.15) is 0 Å². The van der Waals surface area contributed by atoms with E-state index in [4.69, 9.17) is 9.15 Å². The van der Waals surface area contributed by atoms with Crippen molar-refractivity contribution in [2.75, 3.05) is 20.8 Å². The van der Waals surface area contributed by atoms with Crippen LogP contribution in [0.15, 0.2) is 35.0 Å². The summed E-state index contributed by atoms with van der Waals surface area (Å²) in [7, 11) is 3.35. The van der Waals surface area contributed by atoms with E-state index in [1.165, 1.54) is 0 Å². The zero-order valence-corrected chi connectivity index (χ0v) is 18.3. The number of nitrogens with zero attached hydrogens (tertiary/aromatic N) is 4. The summed E-state index contributed by atoms with van der Waals surface area (Å²) in [5, 5.41) is 11.5. The predicted molar refractivity (Wildman–Crippen MR) is 116 cm³/mol. The number of amides is 1. The molecule has 1 N–H and O–H groups in total. The van der Waals surface area contributed by atoms with Crippen LogP contribution >= 0.6 is 0 Å². The van der Waals surface area contributed by atoms with E-state index in [-0.39, 0.29) is 17.7 Å². The second-order valence-electron chi connectivity index (χ2n) is 8.04. The van der Waals surface area contributed by atoms with Gasteiger partial charge >= 0.3 is 0 Å². The first-order valence-electron chi connectivity index (χ1n) is 10.8. The second-order valence-corrected chi connectivity index (χ2v) is 8.04. The van der Waals surface area contributed by atoms with Gasteiger partial charge in [-0.3, -0.25) is 4.79 Å². The Labute approximate surface area is 182 Å². The number of benzene rings is 1. The zero-order valence-electron chi connectivity index (χ0n) is 18.3. The van der Waals surface area contributed by atoms with Crippen LogP contribution < -0.4 is 5.32 Å². The number of rotatable bonds is 7. The predicted octanol–water partition coefficient (Wildman–Crippen LogP) is 3.69. The lowest BCUT2D eigenvalue weighted by molar-refractivity contribution is 0.0961. The molecule has 8 heteroatoms. The highest BCUT2D eigenvalue weighted by Crippen LogP contribution is 2.42. The second kappa shape index (κ2) is 9.43. The van der Waals surface area contributed by atoms with Crippen molar-refractivity contribution in [2.24, 2.45) is 0 Å². The van der Waals surface area contributed by atoms with E-state index in [1.807, 2.05) is 29.7 Å². The van der Waals surface area contributed by atoms with E-state index < -0.39 is 0 Å². The average molecular weight is 424 g/mol. The molecule has 1 saturated carbocycles. The summed E-state index contributed by atoms with van der Waals surface area (Å²) in [5.74, 6) is 1.58. The summed E-state index contributed by atoms with van der Waals surface area (Å²) >= 11 is 0. The molecule has 31 heavy (non-hydrogen) atoms. The molecule has 164 valence electrons. The van der Waals surface area contributed by atoms with Crippen molar-refractivity contribution < 1.29 is 13.9 Å². The Morgan fingerprint density at radius 2 is 2.06 bits per heavy atom. The lowest BCUT2D eigenvalue weighted by Crippen LogP contribution is -2.22. The van der Waals surface area contributed by atoms with Gasteiger partial charge in [-0.1, -0.05) is 24.6 Å². The Kier molecular flexibility index (Phi) is 6.46. The summed E-state index contributed by atoms with van der Waals surface area (Å²) in [6.45, 7) is 3.19. The van der Waals surface area contributed by atoms with Gasteiger partial charge in [0.1, 0.15) is 5.69 Å². The standard InChI is InChI=1S/C23H29N5O3/c1-15-20(28(14-25-15)11-12-30-3)23-27-26-22(31-23)17-8-6-7-16(13-17)18-9-4-5-10-19(18)21(29)24-2/h4-5,9-10,14,16-17H,6-8,11-13H2,1-3H3,(H,24,29)/t16-,17+/m1/s1. The number of imidazole rings is 1. The molecule has 1 aliphatic rings. The van der Waals surface area contributed by atoms with Gasteiger partial charge in [0.25, 0.3) is 11.8 Å². The summed E-state index contributed by atoms with van der Waals surface area (Å²) in [4.78, 5) is 16.7. The summed E-state index contributed by atoms with van der Waals surface area (Å²) < 4.78 is 13.3. The molecule has 0 radical (unpaired) electrons. The number of carbonyl (C=O) groups is 1. The molecular formula is C23H29N5O3. The molecule has 0 saturated heterocycles. The van der Waals surface area contributed by atoms with Crippen molar-refractivity contribution in [1.29, 1.82) is 0 Å². The van der Waals surface area contributed by atoms with Crippen LogP contribution in [0.2, 0.25) is 0 Å². The van der Waals surface area contributed by atoms with Gasteiger partial charge in [-0.15, -0.1) is 10.2 Å². The minimum Gasteiger partial charge on any atom is -0.419 e. The third kappa shape index (κ3) is 4.39. The number of aromatic nitrogens is 4. The fourth-order valence-electron chi connectivity index (χ4n) is 4.51. The highest BCUT2D eigenvalue weighted by atomic mass is 16.5. The first-order valence-corrected chi connectivity index (χ1v) is 10.8. The van der Waals surface area contributed by atoms with E-state index >= 15 is 0 Å². The van der Waals surface area contributed by atoms with E-state index in [1.54, 1.807) is 20.5 Å². The quantitative estimate of drug-likeness (QED) is 0.623. The van der Waals surface area contributed by atoms with Crippen LogP contribution in [0.3, 0.4) is 0 Å². The molecule has 2 heterocycles.